The van der Waals surface area contributed by atoms with E-state index in [0.29, 0.717) is 11.4 Å². The van der Waals surface area contributed by atoms with Crippen LogP contribution in [0.5, 0.6) is 0 Å². The largest absolute Gasteiger partial charge is 0.324 e. The van der Waals surface area contributed by atoms with E-state index in [1.165, 1.54) is 0 Å². The smallest absolute Gasteiger partial charge is 0.246 e. The summed E-state index contributed by atoms with van der Waals surface area (Å²) in [7, 11) is -3.02. The average molecular weight is 315 g/mol. The first-order valence-electron chi connectivity index (χ1n) is 6.36. The highest BCUT2D eigenvalue weighted by molar-refractivity contribution is 7.91. The van der Waals surface area contributed by atoms with Crippen LogP contribution in [0.4, 0.5) is 5.69 Å². The maximum atomic E-state index is 12.1. The summed E-state index contributed by atoms with van der Waals surface area (Å²) in [6.07, 6.45) is 0.509. The summed E-state index contributed by atoms with van der Waals surface area (Å²) in [5.74, 6) is 0.0419. The third kappa shape index (κ3) is 2.43. The summed E-state index contributed by atoms with van der Waals surface area (Å²) in [6, 6.07) is 4.65. The molecule has 0 bridgehead atoms. The summed E-state index contributed by atoms with van der Waals surface area (Å²) in [6.45, 7) is 1.84. The minimum Gasteiger partial charge on any atom is -0.324 e. The van der Waals surface area contributed by atoms with Crippen molar-refractivity contribution in [3.63, 3.8) is 0 Å². The fraction of sp³-hybridized carbons (Fsp3) is 0.462. The van der Waals surface area contributed by atoms with Gasteiger partial charge in [0.25, 0.3) is 0 Å². The van der Waals surface area contributed by atoms with Crippen molar-refractivity contribution in [1.29, 1.82) is 0 Å². The Morgan fingerprint density at radius 2 is 2.20 bits per heavy atom. The van der Waals surface area contributed by atoms with Crippen molar-refractivity contribution in [1.82, 2.24) is 5.32 Å². The van der Waals surface area contributed by atoms with Gasteiger partial charge in [-0.05, 0) is 31.5 Å². The maximum Gasteiger partial charge on any atom is 0.246 e. The number of carbonyl (C=O) groups is 1. The van der Waals surface area contributed by atoms with E-state index in [4.69, 9.17) is 11.6 Å². The third-order valence-electron chi connectivity index (χ3n) is 3.84. The van der Waals surface area contributed by atoms with Crippen LogP contribution in [0.15, 0.2) is 18.2 Å². The SMILES string of the molecule is CC1(NC2C(=O)Nc3ccc(Cl)cc32)CCS(=O)(=O)C1. The van der Waals surface area contributed by atoms with Gasteiger partial charge in [-0.15, -0.1) is 0 Å². The van der Waals surface area contributed by atoms with Crippen molar-refractivity contribution >= 4 is 33.0 Å². The minimum absolute atomic E-state index is 0.0552. The molecule has 0 aliphatic carbocycles. The van der Waals surface area contributed by atoms with Crippen molar-refractivity contribution in [2.24, 2.45) is 0 Å². The summed E-state index contributed by atoms with van der Waals surface area (Å²) in [5.41, 5.74) is 0.916. The van der Waals surface area contributed by atoms with Crippen LogP contribution in [0.25, 0.3) is 0 Å². The Balaban J connectivity index is 1.89. The number of carbonyl (C=O) groups excluding carboxylic acids is 1. The number of sulfone groups is 1. The topological polar surface area (TPSA) is 75.3 Å². The minimum atomic E-state index is -3.02. The van der Waals surface area contributed by atoms with Gasteiger partial charge in [-0.3, -0.25) is 10.1 Å². The zero-order valence-corrected chi connectivity index (χ0v) is 12.5. The molecule has 0 saturated carbocycles. The third-order valence-corrected chi connectivity index (χ3v) is 5.98. The molecule has 1 amide bonds. The number of nitrogens with one attached hydrogen (secondary N) is 2. The molecule has 0 aromatic heterocycles. The Kier molecular flexibility index (Phi) is 3.08. The first-order chi connectivity index (χ1) is 9.28. The van der Waals surface area contributed by atoms with E-state index in [9.17, 15) is 13.2 Å². The number of benzene rings is 1. The molecule has 2 heterocycles. The Labute approximate surface area is 122 Å². The molecule has 108 valence electrons. The molecule has 1 aromatic rings. The van der Waals surface area contributed by atoms with Crippen LogP contribution >= 0.6 is 11.6 Å². The second-order valence-electron chi connectivity index (χ2n) is 5.70. The van der Waals surface area contributed by atoms with E-state index in [2.05, 4.69) is 10.6 Å². The molecule has 1 aromatic carbocycles. The van der Waals surface area contributed by atoms with Crippen LogP contribution in [-0.4, -0.2) is 31.4 Å². The number of halogens is 1. The highest BCUT2D eigenvalue weighted by Crippen LogP contribution is 2.35. The van der Waals surface area contributed by atoms with Crippen molar-refractivity contribution in [2.75, 3.05) is 16.8 Å². The molecule has 2 aliphatic rings. The normalized spacial score (nSPS) is 31.1. The molecule has 5 nitrogen and oxygen atoms in total. The van der Waals surface area contributed by atoms with E-state index in [-0.39, 0.29) is 17.4 Å². The average Bonchev–Trinajstić information content (AvgIpc) is 2.78. The number of hydrogen-bond donors (Lipinski definition) is 2. The van der Waals surface area contributed by atoms with E-state index in [0.717, 1.165) is 11.3 Å². The van der Waals surface area contributed by atoms with Gasteiger partial charge in [0.05, 0.1) is 11.5 Å². The molecule has 2 aliphatic heterocycles. The summed E-state index contributed by atoms with van der Waals surface area (Å²) in [5, 5.41) is 6.52. The molecular formula is C13H15ClN2O3S. The van der Waals surface area contributed by atoms with E-state index in [1.807, 2.05) is 6.92 Å². The van der Waals surface area contributed by atoms with Crippen molar-refractivity contribution < 1.29 is 13.2 Å². The monoisotopic (exact) mass is 314 g/mol. The molecular weight excluding hydrogens is 300 g/mol. The zero-order valence-electron chi connectivity index (χ0n) is 10.9. The van der Waals surface area contributed by atoms with Gasteiger partial charge in [-0.25, -0.2) is 8.42 Å². The fourth-order valence-corrected chi connectivity index (χ4v) is 5.13. The standard InChI is InChI=1S/C13H15ClN2O3S/c1-13(4-5-20(18,19)7-13)16-11-9-6-8(14)2-3-10(9)15-12(11)17/h2-3,6,11,16H,4-5,7H2,1H3,(H,15,17). The van der Waals surface area contributed by atoms with Gasteiger partial charge in [-0.2, -0.15) is 0 Å². The molecule has 0 radical (unpaired) electrons. The Bertz CT molecular complexity index is 689. The summed E-state index contributed by atoms with van der Waals surface area (Å²) < 4.78 is 23.3. The maximum absolute atomic E-state index is 12.1. The lowest BCUT2D eigenvalue weighted by Crippen LogP contribution is -2.47. The molecule has 1 saturated heterocycles. The van der Waals surface area contributed by atoms with Crippen LogP contribution < -0.4 is 10.6 Å². The van der Waals surface area contributed by atoms with Crippen LogP contribution in [-0.2, 0) is 14.6 Å². The van der Waals surface area contributed by atoms with Crippen molar-refractivity contribution in [3.8, 4) is 0 Å². The Morgan fingerprint density at radius 3 is 2.85 bits per heavy atom. The summed E-state index contributed by atoms with van der Waals surface area (Å²) >= 11 is 5.97. The lowest BCUT2D eigenvalue weighted by molar-refractivity contribution is -0.118. The highest BCUT2D eigenvalue weighted by Gasteiger charge is 2.43. The van der Waals surface area contributed by atoms with E-state index in [1.54, 1.807) is 18.2 Å². The quantitative estimate of drug-likeness (QED) is 0.867. The number of rotatable bonds is 2. The van der Waals surface area contributed by atoms with Gasteiger partial charge < -0.3 is 5.32 Å². The fourth-order valence-electron chi connectivity index (χ4n) is 2.85. The van der Waals surface area contributed by atoms with E-state index < -0.39 is 21.4 Å². The predicted molar refractivity (Wildman–Crippen MR) is 77.6 cm³/mol. The van der Waals surface area contributed by atoms with Crippen LogP contribution in [0.2, 0.25) is 5.02 Å². The Hall–Kier alpha value is -1.11. The number of anilines is 1. The summed E-state index contributed by atoms with van der Waals surface area (Å²) in [4.78, 5) is 12.1. The molecule has 2 atom stereocenters. The lowest BCUT2D eigenvalue weighted by Gasteiger charge is -2.27. The van der Waals surface area contributed by atoms with Crippen LogP contribution in [0, 0.1) is 0 Å². The molecule has 2 unspecified atom stereocenters. The van der Waals surface area contributed by atoms with Gasteiger partial charge >= 0.3 is 0 Å². The lowest BCUT2D eigenvalue weighted by atomic mass is 9.98. The van der Waals surface area contributed by atoms with Crippen LogP contribution in [0.1, 0.15) is 24.9 Å². The number of hydrogen-bond acceptors (Lipinski definition) is 4. The van der Waals surface area contributed by atoms with Gasteiger partial charge in [0.2, 0.25) is 5.91 Å². The van der Waals surface area contributed by atoms with Gasteiger partial charge in [0, 0.05) is 21.8 Å². The Morgan fingerprint density at radius 1 is 1.45 bits per heavy atom. The zero-order chi connectivity index (χ0) is 14.5. The molecule has 2 N–H and O–H groups in total. The first kappa shape index (κ1) is 13.9. The highest BCUT2D eigenvalue weighted by atomic mass is 35.5. The number of amides is 1. The molecule has 7 heteroatoms. The van der Waals surface area contributed by atoms with Crippen LogP contribution in [0.3, 0.4) is 0 Å². The number of fused-ring (bicyclic) bond motifs is 1. The molecule has 0 spiro atoms. The molecule has 20 heavy (non-hydrogen) atoms. The van der Waals surface area contributed by atoms with Gasteiger partial charge in [-0.1, -0.05) is 11.6 Å². The molecule has 1 fully saturated rings. The second kappa shape index (κ2) is 4.44. The van der Waals surface area contributed by atoms with E-state index >= 15 is 0 Å². The second-order valence-corrected chi connectivity index (χ2v) is 8.32. The van der Waals surface area contributed by atoms with Gasteiger partial charge in [0.15, 0.2) is 9.84 Å². The van der Waals surface area contributed by atoms with Crippen molar-refractivity contribution in [3.05, 3.63) is 28.8 Å². The first-order valence-corrected chi connectivity index (χ1v) is 8.56. The predicted octanol–water partition coefficient (Wildman–Crippen LogP) is 1.50. The molecule has 3 rings (SSSR count). The van der Waals surface area contributed by atoms with Crippen molar-refractivity contribution in [2.45, 2.75) is 24.9 Å². The van der Waals surface area contributed by atoms with Gasteiger partial charge in [0.1, 0.15) is 6.04 Å².